The second kappa shape index (κ2) is 9.96. The zero-order chi connectivity index (χ0) is 9.94. The Morgan fingerprint density at radius 2 is 1.92 bits per heavy atom. The van der Waals surface area contributed by atoms with E-state index in [4.69, 9.17) is 9.57 Å². The van der Waals surface area contributed by atoms with Crippen LogP contribution >= 0.6 is 0 Å². The van der Waals surface area contributed by atoms with Crippen molar-refractivity contribution >= 4 is 0 Å². The molecule has 1 N–H and O–H groups in total. The molecule has 0 bridgehead atoms. The van der Waals surface area contributed by atoms with Gasteiger partial charge in [0.25, 0.3) is 0 Å². The smallest absolute Gasteiger partial charge is 0.176 e. The average molecular weight is 189 g/mol. The zero-order valence-electron chi connectivity index (χ0n) is 9.14. The van der Waals surface area contributed by atoms with Crippen molar-refractivity contribution < 1.29 is 9.57 Å². The first kappa shape index (κ1) is 12.9. The Bertz CT molecular complexity index is 88.9. The van der Waals surface area contributed by atoms with E-state index in [0.29, 0.717) is 0 Å². The minimum Gasteiger partial charge on any atom is -0.351 e. The number of ether oxygens (including phenoxy) is 1. The van der Waals surface area contributed by atoms with Gasteiger partial charge in [-0.3, -0.25) is 4.84 Å². The summed E-state index contributed by atoms with van der Waals surface area (Å²) in [5.74, 6) is 0. The molecule has 0 aromatic heterocycles. The van der Waals surface area contributed by atoms with Gasteiger partial charge in [0.2, 0.25) is 0 Å². The maximum atomic E-state index is 5.49. The molecule has 0 fully saturated rings. The van der Waals surface area contributed by atoms with E-state index in [1.165, 1.54) is 6.42 Å². The number of hydrogen-bond donors (Lipinski definition) is 1. The predicted molar refractivity (Wildman–Crippen MR) is 54.3 cm³/mol. The quantitative estimate of drug-likeness (QED) is 0.343. The van der Waals surface area contributed by atoms with Crippen molar-refractivity contribution in [1.29, 1.82) is 0 Å². The lowest BCUT2D eigenvalue weighted by molar-refractivity contribution is -0.181. The number of hydrogen-bond acceptors (Lipinski definition) is 3. The van der Waals surface area contributed by atoms with Gasteiger partial charge in [-0.05, 0) is 19.3 Å². The lowest BCUT2D eigenvalue weighted by atomic mass is 10.4. The first-order valence-corrected chi connectivity index (χ1v) is 5.35. The van der Waals surface area contributed by atoms with Crippen LogP contribution in [0.15, 0.2) is 0 Å². The number of hydroxylamine groups is 1. The van der Waals surface area contributed by atoms with E-state index in [9.17, 15) is 0 Å². The fourth-order valence-electron chi connectivity index (χ4n) is 0.848. The van der Waals surface area contributed by atoms with Crippen molar-refractivity contribution in [2.75, 3.05) is 13.2 Å². The largest absolute Gasteiger partial charge is 0.351 e. The number of rotatable bonds is 9. The third-order valence-electron chi connectivity index (χ3n) is 1.70. The van der Waals surface area contributed by atoms with Crippen LogP contribution in [0.5, 0.6) is 0 Å². The molecule has 0 radical (unpaired) electrons. The summed E-state index contributed by atoms with van der Waals surface area (Å²) in [5.41, 5.74) is 2.89. The second-order valence-electron chi connectivity index (χ2n) is 3.07. The van der Waals surface area contributed by atoms with Crippen LogP contribution in [-0.2, 0) is 9.57 Å². The Labute approximate surface area is 81.8 Å². The van der Waals surface area contributed by atoms with Gasteiger partial charge in [0.05, 0.1) is 0 Å². The SMILES string of the molecule is CCCCOC(CC)ONCCC. The highest BCUT2D eigenvalue weighted by Crippen LogP contribution is 2.00. The molecule has 3 nitrogen and oxygen atoms in total. The summed E-state index contributed by atoms with van der Waals surface area (Å²) in [6, 6.07) is 0. The van der Waals surface area contributed by atoms with Gasteiger partial charge in [-0.1, -0.05) is 27.2 Å². The van der Waals surface area contributed by atoms with Crippen LogP contribution in [0.2, 0.25) is 0 Å². The molecule has 0 heterocycles. The summed E-state index contributed by atoms with van der Waals surface area (Å²) in [4.78, 5) is 5.31. The Kier molecular flexibility index (Phi) is 9.87. The van der Waals surface area contributed by atoms with Crippen molar-refractivity contribution in [3.63, 3.8) is 0 Å². The minimum absolute atomic E-state index is 0.0851. The van der Waals surface area contributed by atoms with Crippen molar-refractivity contribution in [3.8, 4) is 0 Å². The summed E-state index contributed by atoms with van der Waals surface area (Å²) < 4.78 is 5.49. The highest BCUT2D eigenvalue weighted by atomic mass is 16.8. The summed E-state index contributed by atoms with van der Waals surface area (Å²) in [6.45, 7) is 8.00. The summed E-state index contributed by atoms with van der Waals surface area (Å²) in [6.07, 6.45) is 4.15. The van der Waals surface area contributed by atoms with E-state index in [1.807, 2.05) is 0 Å². The van der Waals surface area contributed by atoms with Crippen LogP contribution in [-0.4, -0.2) is 19.4 Å². The van der Waals surface area contributed by atoms with Crippen molar-refractivity contribution in [2.45, 2.75) is 52.7 Å². The van der Waals surface area contributed by atoms with Gasteiger partial charge in [-0.2, -0.15) is 5.48 Å². The van der Waals surface area contributed by atoms with Gasteiger partial charge >= 0.3 is 0 Å². The van der Waals surface area contributed by atoms with Crippen molar-refractivity contribution in [1.82, 2.24) is 5.48 Å². The van der Waals surface area contributed by atoms with Crippen LogP contribution in [0.4, 0.5) is 0 Å². The van der Waals surface area contributed by atoms with Gasteiger partial charge in [-0.25, -0.2) is 0 Å². The molecular weight excluding hydrogens is 166 g/mol. The number of unbranched alkanes of at least 4 members (excludes halogenated alkanes) is 1. The molecule has 0 aromatic carbocycles. The first-order valence-electron chi connectivity index (χ1n) is 5.35. The Morgan fingerprint density at radius 3 is 2.46 bits per heavy atom. The maximum Gasteiger partial charge on any atom is 0.176 e. The molecule has 0 aromatic rings. The third kappa shape index (κ3) is 8.22. The van der Waals surface area contributed by atoms with E-state index in [1.54, 1.807) is 0 Å². The van der Waals surface area contributed by atoms with E-state index in [0.717, 1.165) is 32.4 Å². The molecule has 0 aliphatic rings. The summed E-state index contributed by atoms with van der Waals surface area (Å²) >= 11 is 0. The lowest BCUT2D eigenvalue weighted by Crippen LogP contribution is -2.26. The molecule has 0 rings (SSSR count). The van der Waals surface area contributed by atoms with Gasteiger partial charge in [-0.15, -0.1) is 0 Å². The van der Waals surface area contributed by atoms with E-state index < -0.39 is 0 Å². The second-order valence-corrected chi connectivity index (χ2v) is 3.07. The molecular formula is C10H23NO2. The Balaban J connectivity index is 3.28. The molecule has 0 aliphatic carbocycles. The molecule has 3 heteroatoms. The van der Waals surface area contributed by atoms with E-state index in [2.05, 4.69) is 26.3 Å². The highest BCUT2D eigenvalue weighted by molar-refractivity contribution is 4.40. The fraction of sp³-hybridized carbons (Fsp3) is 1.00. The molecule has 13 heavy (non-hydrogen) atoms. The predicted octanol–water partition coefficient (Wildman–Crippen LogP) is 2.47. The third-order valence-corrected chi connectivity index (χ3v) is 1.70. The van der Waals surface area contributed by atoms with Crippen LogP contribution in [0.1, 0.15) is 46.5 Å². The van der Waals surface area contributed by atoms with Gasteiger partial charge in [0, 0.05) is 13.2 Å². The monoisotopic (exact) mass is 189 g/mol. The molecule has 0 saturated carbocycles. The first-order chi connectivity index (χ1) is 6.35. The molecule has 0 amide bonds. The normalized spacial score (nSPS) is 13.2. The Hall–Kier alpha value is -0.120. The van der Waals surface area contributed by atoms with Crippen LogP contribution in [0.25, 0.3) is 0 Å². The van der Waals surface area contributed by atoms with Gasteiger partial charge < -0.3 is 4.74 Å². The summed E-state index contributed by atoms with van der Waals surface area (Å²) in [5, 5.41) is 0. The highest BCUT2D eigenvalue weighted by Gasteiger charge is 2.04. The zero-order valence-corrected chi connectivity index (χ0v) is 9.14. The molecule has 1 unspecified atom stereocenters. The van der Waals surface area contributed by atoms with E-state index >= 15 is 0 Å². The maximum absolute atomic E-state index is 5.49. The average Bonchev–Trinajstić information content (AvgIpc) is 2.16. The fourth-order valence-corrected chi connectivity index (χ4v) is 0.848. The lowest BCUT2D eigenvalue weighted by Gasteiger charge is -2.16. The Morgan fingerprint density at radius 1 is 1.15 bits per heavy atom. The molecule has 0 spiro atoms. The topological polar surface area (TPSA) is 30.5 Å². The molecule has 0 saturated heterocycles. The molecule has 80 valence electrons. The standard InChI is InChI=1S/C10H23NO2/c1-4-7-9-12-10(6-3)13-11-8-5-2/h10-11H,4-9H2,1-3H3. The summed E-state index contributed by atoms with van der Waals surface area (Å²) in [7, 11) is 0. The van der Waals surface area contributed by atoms with Crippen molar-refractivity contribution in [3.05, 3.63) is 0 Å². The van der Waals surface area contributed by atoms with Crippen LogP contribution < -0.4 is 5.48 Å². The molecule has 1 atom stereocenters. The van der Waals surface area contributed by atoms with Gasteiger partial charge in [0.1, 0.15) is 0 Å². The van der Waals surface area contributed by atoms with Crippen LogP contribution in [0, 0.1) is 0 Å². The van der Waals surface area contributed by atoms with Crippen LogP contribution in [0.3, 0.4) is 0 Å². The molecule has 0 aliphatic heterocycles. The minimum atomic E-state index is -0.0851. The van der Waals surface area contributed by atoms with E-state index in [-0.39, 0.29) is 6.29 Å². The van der Waals surface area contributed by atoms with Crippen molar-refractivity contribution in [2.24, 2.45) is 0 Å². The number of nitrogens with one attached hydrogen (secondary N) is 1. The van der Waals surface area contributed by atoms with Gasteiger partial charge in [0.15, 0.2) is 6.29 Å².